The summed E-state index contributed by atoms with van der Waals surface area (Å²) in [5, 5.41) is 9.66. The monoisotopic (exact) mass is 398 g/mol. The Bertz CT molecular complexity index is 988. The Morgan fingerprint density at radius 1 is 1.35 bits per heavy atom. The molecule has 0 atom stereocenters. The van der Waals surface area contributed by atoms with Crippen molar-refractivity contribution < 1.29 is 31.3 Å². The molecule has 1 heterocycles. The number of aromatic nitrogens is 1. The second kappa shape index (κ2) is 7.90. The molecule has 0 unspecified atom stereocenters. The molecule has 0 saturated heterocycles. The largest absolute Gasteiger partial charge is 0.463 e. The van der Waals surface area contributed by atoms with Gasteiger partial charge >= 0.3 is 22.2 Å². The van der Waals surface area contributed by atoms with Crippen LogP contribution in [0, 0.1) is 11.3 Å². The normalized spacial score (nSPS) is 11.5. The lowest BCUT2D eigenvalue weighted by Crippen LogP contribution is -2.12. The number of carbonyl (C=O) groups excluding carboxylic acids is 1. The number of carbonyl (C=O) groups is 1. The third kappa shape index (κ3) is 4.98. The zero-order valence-corrected chi connectivity index (χ0v) is 15.0. The molecule has 0 aliphatic rings. The molecule has 2 aromatic rings. The molecule has 0 aliphatic heterocycles. The topological polar surface area (TPSA) is 129 Å². The first kappa shape index (κ1) is 19.3. The van der Waals surface area contributed by atoms with Crippen molar-refractivity contribution in [2.45, 2.75) is 0 Å². The molecule has 9 nitrogen and oxygen atoms in total. The Labute approximate surface area is 153 Å². The number of nitrogens with zero attached hydrogens (tertiary/aromatic N) is 2. The minimum Gasteiger partial charge on any atom is -0.463 e. The molecule has 0 fully saturated rings. The average Bonchev–Trinajstić information content (AvgIpc) is 3.00. The Morgan fingerprint density at radius 2 is 2.00 bits per heavy atom. The minimum absolute atomic E-state index is 0.146. The Kier molecular flexibility index (Phi) is 5.86. The van der Waals surface area contributed by atoms with Gasteiger partial charge in [-0.25, -0.2) is 4.79 Å². The fraction of sp³-hybridized carbons (Fsp3) is 0.133. The number of nitriles is 1. The Balaban J connectivity index is 2.37. The van der Waals surface area contributed by atoms with Crippen molar-refractivity contribution in [3.8, 4) is 23.4 Å². The molecule has 0 N–H and O–H groups in total. The molecule has 26 heavy (non-hydrogen) atoms. The van der Waals surface area contributed by atoms with Crippen molar-refractivity contribution in [1.29, 1.82) is 5.26 Å². The zero-order chi connectivity index (χ0) is 19.3. The van der Waals surface area contributed by atoms with Crippen LogP contribution in [-0.4, -0.2) is 32.7 Å². The minimum atomic E-state index is -3.89. The van der Waals surface area contributed by atoms with E-state index in [1.165, 1.54) is 0 Å². The van der Waals surface area contributed by atoms with Gasteiger partial charge in [-0.3, -0.25) is 0 Å². The predicted molar refractivity (Wildman–Crippen MR) is 88.3 cm³/mol. The van der Waals surface area contributed by atoms with Crippen LogP contribution in [0.25, 0.3) is 11.3 Å². The van der Waals surface area contributed by atoms with E-state index in [1.807, 2.05) is 0 Å². The number of benzene rings is 1. The molecule has 0 radical (unpaired) electrons. The highest BCUT2D eigenvalue weighted by Crippen LogP contribution is 2.28. The summed E-state index contributed by atoms with van der Waals surface area (Å²) in [6.45, 7) is 0. The SMILES string of the molecule is COC(=O)C(=COS(C)(=O)=O)Oc1nc(-c2ccc(Cl)cc2)c(C#N)o1. The van der Waals surface area contributed by atoms with E-state index in [0.717, 1.165) is 13.4 Å². The van der Waals surface area contributed by atoms with E-state index in [-0.39, 0.29) is 11.5 Å². The number of ether oxygens (including phenoxy) is 2. The second-order valence-electron chi connectivity index (χ2n) is 4.65. The van der Waals surface area contributed by atoms with E-state index >= 15 is 0 Å². The molecule has 136 valence electrons. The van der Waals surface area contributed by atoms with E-state index in [1.54, 1.807) is 30.3 Å². The van der Waals surface area contributed by atoms with Crippen LogP contribution in [0.4, 0.5) is 0 Å². The predicted octanol–water partition coefficient (Wildman–Crippen LogP) is 2.24. The Morgan fingerprint density at radius 3 is 2.54 bits per heavy atom. The first-order chi connectivity index (χ1) is 12.2. The maximum atomic E-state index is 11.7. The standard InChI is InChI=1S/C15H11ClN2O7S/c1-22-14(19)12(8-23-26(2,20)21)25-15-18-13(11(7-17)24-15)9-3-5-10(16)6-4-9/h3-6,8H,1-2H3. The fourth-order valence-corrected chi connectivity index (χ4v) is 2.05. The van der Waals surface area contributed by atoms with Gasteiger partial charge in [-0.1, -0.05) is 23.7 Å². The molecule has 2 rings (SSSR count). The van der Waals surface area contributed by atoms with E-state index in [0.29, 0.717) is 16.8 Å². The third-order valence-corrected chi connectivity index (χ3v) is 3.44. The maximum absolute atomic E-state index is 11.7. The van der Waals surface area contributed by atoms with Crippen LogP contribution in [0.2, 0.25) is 5.02 Å². The summed E-state index contributed by atoms with van der Waals surface area (Å²) in [4.78, 5) is 15.6. The number of oxazole rings is 1. The van der Waals surface area contributed by atoms with Crippen molar-refractivity contribution in [1.82, 2.24) is 4.98 Å². The van der Waals surface area contributed by atoms with E-state index < -0.39 is 27.9 Å². The average molecular weight is 399 g/mol. The highest BCUT2D eigenvalue weighted by molar-refractivity contribution is 7.86. The summed E-state index contributed by atoms with van der Waals surface area (Å²) in [7, 11) is -2.84. The van der Waals surface area contributed by atoms with Gasteiger partial charge in [0, 0.05) is 10.6 Å². The van der Waals surface area contributed by atoms with Crippen molar-refractivity contribution in [2.24, 2.45) is 0 Å². The van der Waals surface area contributed by atoms with Crippen molar-refractivity contribution >= 4 is 27.7 Å². The van der Waals surface area contributed by atoms with Gasteiger partial charge in [0.05, 0.1) is 13.4 Å². The number of esters is 1. The number of hydrogen-bond donors (Lipinski definition) is 0. The summed E-state index contributed by atoms with van der Waals surface area (Å²) in [5.74, 6) is -1.87. The fourth-order valence-electron chi connectivity index (χ4n) is 1.66. The molecule has 11 heteroatoms. The summed E-state index contributed by atoms with van der Waals surface area (Å²) >= 11 is 5.81. The van der Waals surface area contributed by atoms with Crippen LogP contribution in [-0.2, 0) is 23.8 Å². The number of halogens is 1. The van der Waals surface area contributed by atoms with Gasteiger partial charge in [-0.2, -0.15) is 18.7 Å². The number of hydrogen-bond acceptors (Lipinski definition) is 9. The highest BCUT2D eigenvalue weighted by atomic mass is 35.5. The van der Waals surface area contributed by atoms with Gasteiger partial charge in [0.1, 0.15) is 11.8 Å². The maximum Gasteiger partial charge on any atom is 0.401 e. The van der Waals surface area contributed by atoms with Gasteiger partial charge in [0.25, 0.3) is 5.76 Å². The lowest BCUT2D eigenvalue weighted by atomic mass is 10.1. The van der Waals surface area contributed by atoms with Gasteiger partial charge in [-0.05, 0) is 12.1 Å². The van der Waals surface area contributed by atoms with Crippen LogP contribution in [0.5, 0.6) is 6.08 Å². The van der Waals surface area contributed by atoms with E-state index in [9.17, 15) is 18.5 Å². The van der Waals surface area contributed by atoms with Crippen molar-refractivity contribution in [3.63, 3.8) is 0 Å². The number of methoxy groups -OCH3 is 1. The first-order valence-corrected chi connectivity index (χ1v) is 8.94. The zero-order valence-electron chi connectivity index (χ0n) is 13.4. The summed E-state index contributed by atoms with van der Waals surface area (Å²) in [5.41, 5.74) is 0.660. The van der Waals surface area contributed by atoms with Gasteiger partial charge in [0.15, 0.2) is 6.26 Å². The molecule has 0 amide bonds. The van der Waals surface area contributed by atoms with Gasteiger partial charge in [0.2, 0.25) is 5.76 Å². The lowest BCUT2D eigenvalue weighted by molar-refractivity contribution is -0.139. The molecule has 0 spiro atoms. The second-order valence-corrected chi connectivity index (χ2v) is 6.69. The van der Waals surface area contributed by atoms with E-state index in [4.69, 9.17) is 20.8 Å². The summed E-state index contributed by atoms with van der Waals surface area (Å²) in [6.07, 6.45) is 0.815. The van der Waals surface area contributed by atoms with Crippen LogP contribution in [0.1, 0.15) is 5.76 Å². The highest BCUT2D eigenvalue weighted by Gasteiger charge is 2.21. The first-order valence-electron chi connectivity index (χ1n) is 6.75. The van der Waals surface area contributed by atoms with Gasteiger partial charge < -0.3 is 18.1 Å². The molecular weight excluding hydrogens is 388 g/mol. The molecule has 0 bridgehead atoms. The molecule has 0 aliphatic carbocycles. The van der Waals surface area contributed by atoms with E-state index in [2.05, 4.69) is 13.9 Å². The number of rotatable bonds is 6. The van der Waals surface area contributed by atoms with Gasteiger partial charge in [-0.15, -0.1) is 0 Å². The van der Waals surface area contributed by atoms with Crippen LogP contribution < -0.4 is 4.74 Å². The lowest BCUT2D eigenvalue weighted by Gasteiger charge is -2.04. The summed E-state index contributed by atoms with van der Waals surface area (Å²) in [6, 6.07) is 8.19. The summed E-state index contributed by atoms with van der Waals surface area (Å²) < 4.78 is 41.1. The molecule has 1 aromatic heterocycles. The quantitative estimate of drug-likeness (QED) is 0.311. The van der Waals surface area contributed by atoms with Crippen LogP contribution >= 0.6 is 11.6 Å². The van der Waals surface area contributed by atoms with Crippen LogP contribution in [0.15, 0.2) is 40.7 Å². The van der Waals surface area contributed by atoms with Crippen molar-refractivity contribution in [2.75, 3.05) is 13.4 Å². The van der Waals surface area contributed by atoms with Crippen molar-refractivity contribution in [3.05, 3.63) is 47.1 Å². The molecule has 0 saturated carbocycles. The molecular formula is C15H11ClN2O7S. The van der Waals surface area contributed by atoms with Crippen LogP contribution in [0.3, 0.4) is 0 Å². The molecule has 1 aromatic carbocycles. The smallest absolute Gasteiger partial charge is 0.401 e. The third-order valence-electron chi connectivity index (χ3n) is 2.74. The Hall–Kier alpha value is -3.03.